The Morgan fingerprint density at radius 3 is 2.56 bits per heavy atom. The number of Topliss-reactive ketones (excluding diaryl/α,β-unsaturated/α-hetero) is 1. The Hall–Kier alpha value is -2.09. The van der Waals surface area contributed by atoms with Crippen LogP contribution < -0.4 is 0 Å². The number of hydrogen-bond donors (Lipinski definition) is 0. The molecule has 1 aromatic rings. The molecule has 1 aromatic carbocycles. The zero-order chi connectivity index (χ0) is 18.2. The molecule has 2 heteroatoms. The molecule has 0 radical (unpaired) electrons. The summed E-state index contributed by atoms with van der Waals surface area (Å²) in [5, 5.41) is 0. The maximum Gasteiger partial charge on any atom is 0.159 e. The lowest BCUT2D eigenvalue weighted by Gasteiger charge is -2.33. The van der Waals surface area contributed by atoms with E-state index in [0.29, 0.717) is 12.0 Å². The molecule has 2 atom stereocenters. The first-order chi connectivity index (χ1) is 11.8. The van der Waals surface area contributed by atoms with E-state index in [1.807, 2.05) is 6.07 Å². The quantitative estimate of drug-likeness (QED) is 0.695. The second-order valence-electron chi connectivity index (χ2n) is 8.21. The zero-order valence-electron chi connectivity index (χ0n) is 16.0. The molecule has 3 rings (SSSR count). The summed E-state index contributed by atoms with van der Waals surface area (Å²) in [6.07, 6.45) is 12.5. The standard InChI is InChI=1S/C23H29NO/c1-6-17-13-19(16(2)25)7-8-20(17)15-24-12-11-18-9-10-21(14-22(18)24)23(3,4)5/h7-14,18,22H,6,15H2,1-5H3. The van der Waals surface area contributed by atoms with E-state index in [-0.39, 0.29) is 11.2 Å². The Balaban J connectivity index is 1.84. The van der Waals surface area contributed by atoms with E-state index in [1.54, 1.807) is 6.92 Å². The van der Waals surface area contributed by atoms with Gasteiger partial charge in [-0.2, -0.15) is 0 Å². The van der Waals surface area contributed by atoms with E-state index >= 15 is 0 Å². The van der Waals surface area contributed by atoms with E-state index in [0.717, 1.165) is 18.5 Å². The molecule has 0 N–H and O–H groups in total. The van der Waals surface area contributed by atoms with Crippen LogP contribution in [0.5, 0.6) is 0 Å². The maximum atomic E-state index is 11.7. The highest BCUT2D eigenvalue weighted by molar-refractivity contribution is 5.94. The van der Waals surface area contributed by atoms with Crippen LogP contribution >= 0.6 is 0 Å². The van der Waals surface area contributed by atoms with Crippen LogP contribution in [0, 0.1) is 11.3 Å². The number of rotatable bonds is 4. The van der Waals surface area contributed by atoms with Crippen LogP contribution in [0.1, 0.15) is 56.1 Å². The Morgan fingerprint density at radius 2 is 1.92 bits per heavy atom. The van der Waals surface area contributed by atoms with Crippen molar-refractivity contribution in [2.75, 3.05) is 0 Å². The summed E-state index contributed by atoms with van der Waals surface area (Å²) in [6.45, 7) is 11.5. The number of carbonyl (C=O) groups is 1. The van der Waals surface area contributed by atoms with Gasteiger partial charge in [0.25, 0.3) is 0 Å². The minimum atomic E-state index is 0.137. The first kappa shape index (κ1) is 17.7. The van der Waals surface area contributed by atoms with Gasteiger partial charge >= 0.3 is 0 Å². The molecule has 25 heavy (non-hydrogen) atoms. The molecule has 132 valence electrons. The summed E-state index contributed by atoms with van der Waals surface area (Å²) in [6, 6.07) is 6.55. The van der Waals surface area contributed by atoms with Gasteiger partial charge in [0.2, 0.25) is 0 Å². The molecular formula is C23H29NO. The Labute approximate surface area is 151 Å². The van der Waals surface area contributed by atoms with Gasteiger partial charge in [-0.05, 0) is 47.7 Å². The normalized spacial score (nSPS) is 22.1. The molecule has 2 aliphatic rings. The predicted molar refractivity (Wildman–Crippen MR) is 104 cm³/mol. The molecular weight excluding hydrogens is 306 g/mol. The number of carbonyl (C=O) groups excluding carboxylic acids is 1. The van der Waals surface area contributed by atoms with Gasteiger partial charge in [0.15, 0.2) is 5.78 Å². The lowest BCUT2D eigenvalue weighted by atomic mass is 9.80. The summed E-state index contributed by atoms with van der Waals surface area (Å²) in [5.41, 5.74) is 4.98. The lowest BCUT2D eigenvalue weighted by molar-refractivity contribution is 0.101. The monoisotopic (exact) mass is 335 g/mol. The lowest BCUT2D eigenvalue weighted by Crippen LogP contribution is -2.32. The fourth-order valence-electron chi connectivity index (χ4n) is 3.67. The van der Waals surface area contributed by atoms with Gasteiger partial charge in [-0.15, -0.1) is 0 Å². The average Bonchev–Trinajstić information content (AvgIpc) is 2.96. The third kappa shape index (κ3) is 3.63. The second kappa shape index (κ2) is 6.67. The molecule has 1 aliphatic heterocycles. The molecule has 0 amide bonds. The summed E-state index contributed by atoms with van der Waals surface area (Å²) >= 11 is 0. The van der Waals surface area contributed by atoms with E-state index in [2.05, 4.69) is 75.2 Å². The molecule has 2 unspecified atom stereocenters. The molecule has 0 saturated heterocycles. The van der Waals surface area contributed by atoms with Crippen molar-refractivity contribution in [3.05, 3.63) is 71.0 Å². The largest absolute Gasteiger partial charge is 0.366 e. The van der Waals surface area contributed by atoms with E-state index in [9.17, 15) is 4.79 Å². The van der Waals surface area contributed by atoms with Crippen LogP contribution in [0.2, 0.25) is 0 Å². The fraction of sp³-hybridized carbons (Fsp3) is 0.435. The van der Waals surface area contributed by atoms with Crippen LogP contribution in [-0.4, -0.2) is 16.7 Å². The van der Waals surface area contributed by atoms with Crippen molar-refractivity contribution in [2.24, 2.45) is 11.3 Å². The van der Waals surface area contributed by atoms with Gasteiger partial charge in [0.05, 0.1) is 6.04 Å². The predicted octanol–water partition coefficient (Wildman–Crippen LogP) is 5.31. The topological polar surface area (TPSA) is 20.3 Å². The number of allylic oxidation sites excluding steroid dienone is 2. The number of nitrogens with zero attached hydrogens (tertiary/aromatic N) is 1. The van der Waals surface area contributed by atoms with Crippen molar-refractivity contribution in [1.29, 1.82) is 0 Å². The van der Waals surface area contributed by atoms with Crippen molar-refractivity contribution in [1.82, 2.24) is 4.90 Å². The van der Waals surface area contributed by atoms with Gasteiger partial charge in [0.1, 0.15) is 0 Å². The van der Waals surface area contributed by atoms with Gasteiger partial charge < -0.3 is 4.90 Å². The molecule has 2 nitrogen and oxygen atoms in total. The third-order valence-corrected chi connectivity index (χ3v) is 5.34. The van der Waals surface area contributed by atoms with E-state index in [1.165, 1.54) is 16.7 Å². The second-order valence-corrected chi connectivity index (χ2v) is 8.21. The van der Waals surface area contributed by atoms with Crippen molar-refractivity contribution in [3.8, 4) is 0 Å². The van der Waals surface area contributed by atoms with Crippen LogP contribution in [0.25, 0.3) is 0 Å². The Bertz CT molecular complexity index is 761. The Kier molecular flexibility index (Phi) is 4.73. The average molecular weight is 335 g/mol. The van der Waals surface area contributed by atoms with Gasteiger partial charge in [-0.25, -0.2) is 0 Å². The van der Waals surface area contributed by atoms with Gasteiger partial charge in [-0.3, -0.25) is 4.79 Å². The summed E-state index contributed by atoms with van der Waals surface area (Å²) < 4.78 is 0. The number of benzene rings is 1. The van der Waals surface area contributed by atoms with Crippen LogP contribution in [-0.2, 0) is 13.0 Å². The number of aryl methyl sites for hydroxylation is 1. The number of fused-ring (bicyclic) bond motifs is 1. The zero-order valence-corrected chi connectivity index (χ0v) is 16.0. The van der Waals surface area contributed by atoms with Gasteiger partial charge in [-0.1, -0.05) is 64.1 Å². The highest BCUT2D eigenvalue weighted by Crippen LogP contribution is 2.36. The van der Waals surface area contributed by atoms with Crippen molar-refractivity contribution >= 4 is 5.78 Å². The maximum absolute atomic E-state index is 11.7. The van der Waals surface area contributed by atoms with Crippen LogP contribution in [0.15, 0.2) is 54.3 Å². The first-order valence-corrected chi connectivity index (χ1v) is 9.27. The first-order valence-electron chi connectivity index (χ1n) is 9.27. The molecule has 0 fully saturated rings. The minimum absolute atomic E-state index is 0.137. The van der Waals surface area contributed by atoms with Crippen LogP contribution in [0.4, 0.5) is 0 Å². The number of ketones is 1. The molecule has 0 bridgehead atoms. The summed E-state index contributed by atoms with van der Waals surface area (Å²) in [5.74, 6) is 0.602. The highest BCUT2D eigenvalue weighted by Gasteiger charge is 2.30. The minimum Gasteiger partial charge on any atom is -0.366 e. The van der Waals surface area contributed by atoms with Gasteiger partial charge in [0, 0.05) is 18.0 Å². The molecule has 0 saturated carbocycles. The van der Waals surface area contributed by atoms with Crippen molar-refractivity contribution in [3.63, 3.8) is 0 Å². The SMILES string of the molecule is CCc1cc(C(C)=O)ccc1CN1C=CC2C=CC(C(C)(C)C)=CC21. The third-order valence-electron chi connectivity index (χ3n) is 5.34. The summed E-state index contributed by atoms with van der Waals surface area (Å²) in [4.78, 5) is 14.1. The number of hydrogen-bond acceptors (Lipinski definition) is 2. The van der Waals surface area contributed by atoms with E-state index < -0.39 is 0 Å². The molecule has 0 spiro atoms. The van der Waals surface area contributed by atoms with Crippen molar-refractivity contribution in [2.45, 2.75) is 53.6 Å². The smallest absolute Gasteiger partial charge is 0.159 e. The summed E-state index contributed by atoms with van der Waals surface area (Å²) in [7, 11) is 0. The molecule has 0 aromatic heterocycles. The van der Waals surface area contributed by atoms with Crippen LogP contribution in [0.3, 0.4) is 0 Å². The molecule has 1 heterocycles. The fourth-order valence-corrected chi connectivity index (χ4v) is 3.67. The Morgan fingerprint density at radius 1 is 1.16 bits per heavy atom. The van der Waals surface area contributed by atoms with E-state index in [4.69, 9.17) is 0 Å². The van der Waals surface area contributed by atoms with Crippen molar-refractivity contribution < 1.29 is 4.79 Å². The molecule has 1 aliphatic carbocycles. The highest BCUT2D eigenvalue weighted by atomic mass is 16.1.